The molecule has 2 aromatic heterocycles. The number of pyridine rings is 2. The van der Waals surface area contributed by atoms with Crippen LogP contribution in [0, 0.1) is 13.8 Å². The van der Waals surface area contributed by atoms with E-state index in [0.717, 1.165) is 0 Å². The summed E-state index contributed by atoms with van der Waals surface area (Å²) in [5.41, 5.74) is 2.19. The van der Waals surface area contributed by atoms with E-state index in [1.807, 2.05) is 6.07 Å². The van der Waals surface area contributed by atoms with Gasteiger partial charge in [0.15, 0.2) is 10.9 Å². The van der Waals surface area contributed by atoms with E-state index < -0.39 is 10.1 Å². The zero-order valence-corrected chi connectivity index (χ0v) is 16.8. The molecule has 0 unspecified atom stereocenters. The van der Waals surface area contributed by atoms with Crippen molar-refractivity contribution >= 4 is 53.7 Å². The lowest BCUT2D eigenvalue weighted by atomic mass is 9.96. The monoisotopic (exact) mass is 420 g/mol. The molecule has 3 N–H and O–H groups in total. The third kappa shape index (κ3) is 2.38. The molecule has 30 heavy (non-hydrogen) atoms. The number of para-hydroxylation sites is 2. The highest BCUT2D eigenvalue weighted by molar-refractivity contribution is 7.86. The van der Waals surface area contributed by atoms with Crippen molar-refractivity contribution in [3.05, 3.63) is 74.0 Å². The summed E-state index contributed by atoms with van der Waals surface area (Å²) in [5, 5.41) is 1.46. The van der Waals surface area contributed by atoms with E-state index in [0.29, 0.717) is 43.8 Å². The van der Waals surface area contributed by atoms with E-state index in [2.05, 4.69) is 9.97 Å². The zero-order valence-electron chi connectivity index (χ0n) is 16.0. The summed E-state index contributed by atoms with van der Waals surface area (Å²) in [7, 11) is -4.56. The smallest absolute Gasteiger partial charge is 0.296 e. The molecule has 8 heteroatoms. The summed E-state index contributed by atoms with van der Waals surface area (Å²) in [6, 6.07) is 11.3. The van der Waals surface area contributed by atoms with Gasteiger partial charge in [0.25, 0.3) is 10.1 Å². The van der Waals surface area contributed by atoms with Gasteiger partial charge in [-0.2, -0.15) is 8.42 Å². The number of hydrogen-bond donors (Lipinski definition) is 3. The minimum absolute atomic E-state index is 0.0107. The van der Waals surface area contributed by atoms with Crippen LogP contribution in [-0.2, 0) is 10.1 Å². The molecule has 3 aromatic carbocycles. The van der Waals surface area contributed by atoms with Crippen molar-refractivity contribution in [3.63, 3.8) is 0 Å². The first kappa shape index (κ1) is 18.5. The molecular formula is C22H16N2O5S. The maximum absolute atomic E-state index is 13.3. The zero-order chi connectivity index (χ0) is 21.4. The summed E-state index contributed by atoms with van der Waals surface area (Å²) < 4.78 is 33.3. The van der Waals surface area contributed by atoms with Gasteiger partial charge >= 0.3 is 0 Å². The second-order valence-corrected chi connectivity index (χ2v) is 8.75. The van der Waals surface area contributed by atoms with Crippen LogP contribution >= 0.6 is 0 Å². The predicted octanol–water partition coefficient (Wildman–Crippen LogP) is 3.54. The number of nitrogens with one attached hydrogen (secondary N) is 2. The highest BCUT2D eigenvalue weighted by Gasteiger charge is 2.21. The Morgan fingerprint density at radius 2 is 1.30 bits per heavy atom. The van der Waals surface area contributed by atoms with E-state index in [4.69, 9.17) is 0 Å². The SMILES string of the molecule is Cc1c2[nH]c3c(S(=O)(=O)O)cccc3c(=O)c2c(C)c2[nH]c3ccccc3c(=O)c12. The molecule has 0 saturated carbocycles. The average molecular weight is 420 g/mol. The number of H-pyrrole nitrogens is 2. The fourth-order valence-corrected chi connectivity index (χ4v) is 4.93. The average Bonchev–Trinajstić information content (AvgIpc) is 2.71. The molecule has 0 bridgehead atoms. The molecule has 0 spiro atoms. The first-order valence-corrected chi connectivity index (χ1v) is 10.6. The number of fused-ring (bicyclic) bond motifs is 4. The van der Waals surface area contributed by atoms with Gasteiger partial charge in [-0.25, -0.2) is 0 Å². The van der Waals surface area contributed by atoms with Crippen molar-refractivity contribution in [2.24, 2.45) is 0 Å². The summed E-state index contributed by atoms with van der Waals surface area (Å²) in [6.07, 6.45) is 0. The van der Waals surface area contributed by atoms with Crippen LogP contribution < -0.4 is 10.9 Å². The summed E-state index contributed by atoms with van der Waals surface area (Å²) in [5.74, 6) is 0. The summed E-state index contributed by atoms with van der Waals surface area (Å²) >= 11 is 0. The topological polar surface area (TPSA) is 120 Å². The molecule has 0 atom stereocenters. The summed E-state index contributed by atoms with van der Waals surface area (Å²) in [6.45, 7) is 3.47. The van der Waals surface area contributed by atoms with Gasteiger partial charge in [-0.15, -0.1) is 0 Å². The normalized spacial score (nSPS) is 12.4. The van der Waals surface area contributed by atoms with Crippen LogP contribution in [0.2, 0.25) is 0 Å². The van der Waals surface area contributed by atoms with E-state index >= 15 is 0 Å². The van der Waals surface area contributed by atoms with Crippen molar-refractivity contribution in [1.29, 1.82) is 0 Å². The van der Waals surface area contributed by atoms with Crippen molar-refractivity contribution in [3.8, 4) is 0 Å². The molecule has 7 nitrogen and oxygen atoms in total. The number of aromatic nitrogens is 2. The Kier molecular flexibility index (Phi) is 3.71. The highest BCUT2D eigenvalue weighted by Crippen LogP contribution is 2.30. The van der Waals surface area contributed by atoms with Gasteiger partial charge in [0.1, 0.15) is 4.90 Å². The summed E-state index contributed by atoms with van der Waals surface area (Å²) in [4.78, 5) is 32.5. The number of hydrogen-bond acceptors (Lipinski definition) is 4. The number of aromatic amines is 2. The molecule has 5 rings (SSSR count). The Balaban J connectivity index is 2.13. The Bertz CT molecular complexity index is 1780. The van der Waals surface area contributed by atoms with Gasteiger partial charge in [0.05, 0.1) is 27.3 Å². The number of rotatable bonds is 1. The maximum Gasteiger partial charge on any atom is 0.296 e. The van der Waals surface area contributed by atoms with Gasteiger partial charge in [-0.1, -0.05) is 18.2 Å². The van der Waals surface area contributed by atoms with Crippen LogP contribution in [0.5, 0.6) is 0 Å². The van der Waals surface area contributed by atoms with E-state index in [1.165, 1.54) is 18.2 Å². The van der Waals surface area contributed by atoms with Crippen LogP contribution in [0.4, 0.5) is 0 Å². The van der Waals surface area contributed by atoms with Crippen molar-refractivity contribution in [2.75, 3.05) is 0 Å². The Morgan fingerprint density at radius 1 is 0.733 bits per heavy atom. The lowest BCUT2D eigenvalue weighted by molar-refractivity contribution is 0.484. The Morgan fingerprint density at radius 3 is 1.97 bits per heavy atom. The molecule has 0 radical (unpaired) electrons. The standard InChI is InChI=1S/C22H16N2O5S/c1-10-17-19(24-20-13(22(17)26)7-5-9-15(20)30(27,28)29)11(2)16-18(10)23-14-8-4-3-6-12(14)21(16)25/h3-9H,1-2H3,(H,23,25)(H,24,26)(H,27,28,29). The number of benzene rings is 3. The number of aryl methyl sites for hydroxylation is 2. The predicted molar refractivity (Wildman–Crippen MR) is 117 cm³/mol. The second kappa shape index (κ2) is 6.01. The first-order chi connectivity index (χ1) is 14.2. The lowest BCUT2D eigenvalue weighted by Gasteiger charge is -2.14. The van der Waals surface area contributed by atoms with Crippen LogP contribution in [-0.4, -0.2) is 22.9 Å². The second-order valence-electron chi connectivity index (χ2n) is 7.36. The molecule has 0 aliphatic carbocycles. The quantitative estimate of drug-likeness (QED) is 0.283. The molecule has 0 aliphatic rings. The van der Waals surface area contributed by atoms with Crippen molar-refractivity contribution in [1.82, 2.24) is 9.97 Å². The third-order valence-electron chi connectivity index (χ3n) is 5.68. The molecule has 150 valence electrons. The largest absolute Gasteiger partial charge is 0.354 e. The fourth-order valence-electron chi connectivity index (χ4n) is 4.26. The van der Waals surface area contributed by atoms with Gasteiger partial charge in [0, 0.05) is 16.3 Å². The van der Waals surface area contributed by atoms with Gasteiger partial charge in [-0.05, 0) is 49.2 Å². The van der Waals surface area contributed by atoms with E-state index in [1.54, 1.807) is 32.0 Å². The highest BCUT2D eigenvalue weighted by atomic mass is 32.2. The molecular weight excluding hydrogens is 404 g/mol. The van der Waals surface area contributed by atoms with Crippen LogP contribution in [0.3, 0.4) is 0 Å². The first-order valence-electron chi connectivity index (χ1n) is 9.20. The maximum atomic E-state index is 13.3. The van der Waals surface area contributed by atoms with Gasteiger partial charge < -0.3 is 9.97 Å². The van der Waals surface area contributed by atoms with E-state index in [-0.39, 0.29) is 26.7 Å². The van der Waals surface area contributed by atoms with Crippen molar-refractivity contribution in [2.45, 2.75) is 18.7 Å². The van der Waals surface area contributed by atoms with Crippen LogP contribution in [0.25, 0.3) is 43.6 Å². The van der Waals surface area contributed by atoms with Crippen LogP contribution in [0.1, 0.15) is 11.1 Å². The van der Waals surface area contributed by atoms with Gasteiger partial charge in [0.2, 0.25) is 0 Å². The van der Waals surface area contributed by atoms with Gasteiger partial charge in [-0.3, -0.25) is 14.1 Å². The van der Waals surface area contributed by atoms with Crippen LogP contribution in [0.15, 0.2) is 56.9 Å². The lowest BCUT2D eigenvalue weighted by Crippen LogP contribution is -2.13. The molecule has 0 fully saturated rings. The molecule has 5 aromatic rings. The Hall–Kier alpha value is -3.49. The van der Waals surface area contributed by atoms with E-state index in [9.17, 15) is 22.6 Å². The fraction of sp³-hybridized carbons (Fsp3) is 0.0909. The third-order valence-corrected chi connectivity index (χ3v) is 6.58. The van der Waals surface area contributed by atoms with Crippen molar-refractivity contribution < 1.29 is 13.0 Å². The molecule has 0 amide bonds. The molecule has 0 aliphatic heterocycles. The Labute approximate surface area is 169 Å². The minimum atomic E-state index is -4.56. The molecule has 0 saturated heterocycles. The minimum Gasteiger partial charge on any atom is -0.354 e. The molecule has 2 heterocycles.